The molecule has 0 unspecified atom stereocenters. The number of nitrogens with one attached hydrogen (secondary N) is 1. The van der Waals surface area contributed by atoms with Gasteiger partial charge in [0.1, 0.15) is 11.4 Å². The maximum atomic E-state index is 12.8. The first-order valence-corrected chi connectivity index (χ1v) is 11.5. The standard InChI is InChI=1S/C26H30N2O3/c29-24(27-21-9-6-10-21)17-20-18-26(31-23-12-5-4-11-22(20)23)13-15-28(16-14-26)25(30)19-7-2-1-3-8-19/h1-5,7-8,11-12,20-21H,6,9-10,13-18H2,(H,27,29)/t20-/m0/s1. The molecule has 5 rings (SSSR count). The minimum atomic E-state index is -0.302. The Labute approximate surface area is 183 Å². The zero-order valence-electron chi connectivity index (χ0n) is 17.9. The van der Waals surface area contributed by atoms with Crippen molar-refractivity contribution < 1.29 is 14.3 Å². The van der Waals surface area contributed by atoms with E-state index in [0.717, 1.165) is 49.0 Å². The lowest BCUT2D eigenvalue weighted by Gasteiger charge is -2.47. The molecule has 5 heteroatoms. The number of ether oxygens (including phenoxy) is 1. The van der Waals surface area contributed by atoms with Gasteiger partial charge in [-0.1, -0.05) is 36.4 Å². The molecule has 0 aromatic heterocycles. The van der Waals surface area contributed by atoms with E-state index in [2.05, 4.69) is 11.4 Å². The van der Waals surface area contributed by atoms with Crippen molar-refractivity contribution in [2.75, 3.05) is 13.1 Å². The molecule has 162 valence electrons. The average Bonchev–Trinajstić information content (AvgIpc) is 2.77. The molecule has 2 amide bonds. The van der Waals surface area contributed by atoms with E-state index in [1.54, 1.807) is 0 Å². The summed E-state index contributed by atoms with van der Waals surface area (Å²) in [7, 11) is 0. The highest BCUT2D eigenvalue weighted by atomic mass is 16.5. The van der Waals surface area contributed by atoms with Crippen molar-refractivity contribution in [3.63, 3.8) is 0 Å². The second-order valence-corrected chi connectivity index (χ2v) is 9.28. The Morgan fingerprint density at radius 2 is 1.71 bits per heavy atom. The Morgan fingerprint density at radius 1 is 1.00 bits per heavy atom. The molecule has 1 spiro atoms. The van der Waals surface area contributed by atoms with Crippen LogP contribution in [0.5, 0.6) is 5.75 Å². The predicted molar refractivity (Wildman–Crippen MR) is 119 cm³/mol. The van der Waals surface area contributed by atoms with Crippen LogP contribution >= 0.6 is 0 Å². The molecule has 5 nitrogen and oxygen atoms in total. The van der Waals surface area contributed by atoms with Crippen LogP contribution in [0, 0.1) is 0 Å². The number of nitrogens with zero attached hydrogens (tertiary/aromatic N) is 1. The summed E-state index contributed by atoms with van der Waals surface area (Å²) in [5, 5.41) is 3.19. The number of piperidine rings is 1. The van der Waals surface area contributed by atoms with Crippen LogP contribution in [0.1, 0.15) is 66.8 Å². The van der Waals surface area contributed by atoms with Crippen molar-refractivity contribution in [2.24, 2.45) is 0 Å². The Hall–Kier alpha value is -2.82. The molecule has 1 N–H and O–H groups in total. The van der Waals surface area contributed by atoms with Crippen LogP contribution in [-0.4, -0.2) is 41.4 Å². The maximum absolute atomic E-state index is 12.8. The Morgan fingerprint density at radius 3 is 2.42 bits per heavy atom. The average molecular weight is 419 g/mol. The molecule has 2 aromatic rings. The fourth-order valence-corrected chi connectivity index (χ4v) is 5.18. The number of amides is 2. The van der Waals surface area contributed by atoms with Crippen LogP contribution in [0.2, 0.25) is 0 Å². The molecule has 1 aliphatic carbocycles. The van der Waals surface area contributed by atoms with Gasteiger partial charge in [-0.3, -0.25) is 9.59 Å². The monoisotopic (exact) mass is 418 g/mol. The van der Waals surface area contributed by atoms with E-state index in [1.807, 2.05) is 53.4 Å². The first-order chi connectivity index (χ1) is 15.1. The molecule has 2 aliphatic heterocycles. The zero-order chi connectivity index (χ0) is 21.3. The van der Waals surface area contributed by atoms with Gasteiger partial charge in [0.15, 0.2) is 0 Å². The lowest BCUT2D eigenvalue weighted by Crippen LogP contribution is -2.52. The quantitative estimate of drug-likeness (QED) is 0.806. The summed E-state index contributed by atoms with van der Waals surface area (Å²) in [6.07, 6.45) is 6.34. The Kier molecular flexibility index (Phi) is 5.43. The summed E-state index contributed by atoms with van der Waals surface area (Å²) in [6.45, 7) is 1.35. The number of likely N-dealkylation sites (tertiary alicyclic amines) is 1. The first kappa shape index (κ1) is 20.1. The van der Waals surface area contributed by atoms with Gasteiger partial charge in [-0.2, -0.15) is 0 Å². The Bertz CT molecular complexity index is 946. The number of benzene rings is 2. The summed E-state index contributed by atoms with van der Waals surface area (Å²) in [5.41, 5.74) is 1.57. The van der Waals surface area contributed by atoms with Crippen LogP contribution in [0.3, 0.4) is 0 Å². The first-order valence-electron chi connectivity index (χ1n) is 11.5. The number of hydrogen-bond acceptors (Lipinski definition) is 3. The SMILES string of the molecule is O=C(C[C@H]1CC2(CCN(C(=O)c3ccccc3)CC2)Oc2ccccc21)NC1CCC1. The molecular weight excluding hydrogens is 388 g/mol. The normalized spacial score (nSPS) is 22.2. The number of carbonyl (C=O) groups is 2. The second kappa shape index (κ2) is 8.37. The molecule has 0 bridgehead atoms. The van der Waals surface area contributed by atoms with Gasteiger partial charge in [0.25, 0.3) is 5.91 Å². The van der Waals surface area contributed by atoms with Gasteiger partial charge >= 0.3 is 0 Å². The summed E-state index contributed by atoms with van der Waals surface area (Å²) in [6, 6.07) is 18.0. The van der Waals surface area contributed by atoms with E-state index in [1.165, 1.54) is 6.42 Å². The summed E-state index contributed by atoms with van der Waals surface area (Å²) >= 11 is 0. The van der Waals surface area contributed by atoms with Crippen LogP contribution in [0.15, 0.2) is 54.6 Å². The van der Waals surface area contributed by atoms with Crippen molar-refractivity contribution in [1.82, 2.24) is 10.2 Å². The van der Waals surface area contributed by atoms with Gasteiger partial charge in [-0.15, -0.1) is 0 Å². The zero-order valence-corrected chi connectivity index (χ0v) is 17.9. The van der Waals surface area contributed by atoms with Gasteiger partial charge in [0.2, 0.25) is 5.91 Å². The molecule has 2 aromatic carbocycles. The smallest absolute Gasteiger partial charge is 0.253 e. The molecule has 2 fully saturated rings. The summed E-state index contributed by atoms with van der Waals surface area (Å²) < 4.78 is 6.55. The van der Waals surface area contributed by atoms with Crippen LogP contribution < -0.4 is 10.1 Å². The molecule has 2 heterocycles. The second-order valence-electron chi connectivity index (χ2n) is 9.28. The third-order valence-corrected chi connectivity index (χ3v) is 7.19. The highest BCUT2D eigenvalue weighted by molar-refractivity contribution is 5.94. The highest BCUT2D eigenvalue weighted by Gasteiger charge is 2.44. The van der Waals surface area contributed by atoms with E-state index in [-0.39, 0.29) is 23.3 Å². The molecule has 1 saturated heterocycles. The van der Waals surface area contributed by atoms with E-state index in [0.29, 0.717) is 25.6 Å². The third-order valence-electron chi connectivity index (χ3n) is 7.19. The van der Waals surface area contributed by atoms with Crippen molar-refractivity contribution in [3.8, 4) is 5.75 Å². The molecule has 31 heavy (non-hydrogen) atoms. The maximum Gasteiger partial charge on any atom is 0.253 e. The van der Waals surface area contributed by atoms with Crippen LogP contribution in [0.4, 0.5) is 0 Å². The van der Waals surface area contributed by atoms with Crippen LogP contribution in [0.25, 0.3) is 0 Å². The molecule has 1 atom stereocenters. The Balaban J connectivity index is 1.29. The van der Waals surface area contributed by atoms with Crippen LogP contribution in [-0.2, 0) is 4.79 Å². The van der Waals surface area contributed by atoms with Gasteiger partial charge in [0, 0.05) is 49.9 Å². The van der Waals surface area contributed by atoms with E-state index < -0.39 is 0 Å². The van der Waals surface area contributed by atoms with Crippen molar-refractivity contribution >= 4 is 11.8 Å². The van der Waals surface area contributed by atoms with Gasteiger partial charge < -0.3 is 15.0 Å². The predicted octanol–water partition coefficient (Wildman–Crippen LogP) is 4.29. The van der Waals surface area contributed by atoms with E-state index in [9.17, 15) is 9.59 Å². The minimum absolute atomic E-state index is 0.0862. The molecule has 3 aliphatic rings. The number of fused-ring (bicyclic) bond motifs is 1. The third kappa shape index (κ3) is 4.18. The lowest BCUT2D eigenvalue weighted by atomic mass is 9.76. The number of rotatable bonds is 4. The fourth-order valence-electron chi connectivity index (χ4n) is 5.18. The summed E-state index contributed by atoms with van der Waals surface area (Å²) in [4.78, 5) is 27.5. The molecular formula is C26H30N2O3. The van der Waals surface area contributed by atoms with Crippen molar-refractivity contribution in [1.29, 1.82) is 0 Å². The van der Waals surface area contributed by atoms with Crippen molar-refractivity contribution in [3.05, 3.63) is 65.7 Å². The van der Waals surface area contributed by atoms with E-state index >= 15 is 0 Å². The van der Waals surface area contributed by atoms with E-state index in [4.69, 9.17) is 4.74 Å². The fraction of sp³-hybridized carbons (Fsp3) is 0.462. The highest BCUT2D eigenvalue weighted by Crippen LogP contribution is 2.46. The number of para-hydroxylation sites is 1. The molecule has 1 saturated carbocycles. The van der Waals surface area contributed by atoms with Gasteiger partial charge in [-0.05, 0) is 49.4 Å². The number of hydrogen-bond donors (Lipinski definition) is 1. The van der Waals surface area contributed by atoms with Gasteiger partial charge in [0.05, 0.1) is 0 Å². The minimum Gasteiger partial charge on any atom is -0.487 e. The summed E-state index contributed by atoms with van der Waals surface area (Å²) in [5.74, 6) is 1.29. The molecule has 0 radical (unpaired) electrons. The van der Waals surface area contributed by atoms with Gasteiger partial charge in [-0.25, -0.2) is 0 Å². The largest absolute Gasteiger partial charge is 0.487 e. The van der Waals surface area contributed by atoms with Crippen molar-refractivity contribution in [2.45, 2.75) is 62.5 Å². The number of carbonyl (C=O) groups excluding carboxylic acids is 2. The topological polar surface area (TPSA) is 58.6 Å². The lowest BCUT2D eigenvalue weighted by molar-refractivity contribution is -0.123.